The Morgan fingerprint density at radius 1 is 1.56 bits per heavy atom. The number of rotatable bonds is 5. The zero-order valence-corrected chi connectivity index (χ0v) is 10.3. The van der Waals surface area contributed by atoms with E-state index in [0.29, 0.717) is 26.1 Å². The van der Waals surface area contributed by atoms with Crippen LogP contribution in [0.5, 0.6) is 0 Å². The third-order valence-electron chi connectivity index (χ3n) is 2.88. The Bertz CT molecular complexity index is 417. The summed E-state index contributed by atoms with van der Waals surface area (Å²) in [6.07, 6.45) is 4.08. The molecular formula is C11H17N5O2. The summed E-state index contributed by atoms with van der Waals surface area (Å²) in [5, 5.41) is 2.77. The van der Waals surface area contributed by atoms with E-state index in [0.717, 1.165) is 5.82 Å². The van der Waals surface area contributed by atoms with Crippen LogP contribution >= 0.6 is 0 Å². The number of hydrogen-bond acceptors (Lipinski definition) is 3. The average molecular weight is 251 g/mol. The van der Waals surface area contributed by atoms with Crippen LogP contribution in [0.25, 0.3) is 0 Å². The molecule has 0 aromatic carbocycles. The van der Waals surface area contributed by atoms with Crippen molar-refractivity contribution in [1.29, 1.82) is 0 Å². The Balaban J connectivity index is 1.68. The van der Waals surface area contributed by atoms with Crippen molar-refractivity contribution < 1.29 is 9.59 Å². The van der Waals surface area contributed by atoms with E-state index < -0.39 is 0 Å². The molecule has 1 saturated heterocycles. The molecule has 3 amide bonds. The molecule has 2 heterocycles. The van der Waals surface area contributed by atoms with E-state index in [1.165, 1.54) is 0 Å². The highest BCUT2D eigenvalue weighted by molar-refractivity contribution is 5.84. The Kier molecular flexibility index (Phi) is 3.81. The summed E-state index contributed by atoms with van der Waals surface area (Å²) in [4.78, 5) is 33.4. The molecule has 0 radical (unpaired) electrons. The number of carbonyl (C=O) groups excluding carboxylic acids is 2. The summed E-state index contributed by atoms with van der Waals surface area (Å²) in [5.41, 5.74) is 0. The van der Waals surface area contributed by atoms with Crippen LogP contribution in [0.1, 0.15) is 5.82 Å². The number of carbonyl (C=O) groups is 2. The van der Waals surface area contributed by atoms with Gasteiger partial charge in [-0.15, -0.1) is 0 Å². The van der Waals surface area contributed by atoms with Gasteiger partial charge in [-0.1, -0.05) is 0 Å². The van der Waals surface area contributed by atoms with Crippen molar-refractivity contribution in [2.45, 2.75) is 6.42 Å². The number of amides is 3. The van der Waals surface area contributed by atoms with E-state index in [-0.39, 0.29) is 18.5 Å². The number of nitrogens with one attached hydrogen (secondary N) is 2. The van der Waals surface area contributed by atoms with Crippen LogP contribution in [0.15, 0.2) is 12.4 Å². The topological polar surface area (TPSA) is 81.3 Å². The minimum absolute atomic E-state index is 0.0869. The SMILES string of the molecule is CN1CCN(CC(=O)NCCc2ncc[nH]2)C1=O. The molecule has 1 fully saturated rings. The summed E-state index contributed by atoms with van der Waals surface area (Å²) in [7, 11) is 1.73. The van der Waals surface area contributed by atoms with Gasteiger partial charge in [-0.25, -0.2) is 9.78 Å². The van der Waals surface area contributed by atoms with Crippen molar-refractivity contribution in [2.24, 2.45) is 0 Å². The second-order valence-corrected chi connectivity index (χ2v) is 4.26. The lowest BCUT2D eigenvalue weighted by atomic mass is 10.4. The summed E-state index contributed by atoms with van der Waals surface area (Å²) in [6.45, 7) is 1.94. The fraction of sp³-hybridized carbons (Fsp3) is 0.545. The van der Waals surface area contributed by atoms with Crippen LogP contribution in [-0.4, -0.2) is 64.9 Å². The van der Waals surface area contributed by atoms with Crippen molar-refractivity contribution >= 4 is 11.9 Å². The smallest absolute Gasteiger partial charge is 0.320 e. The molecule has 0 unspecified atom stereocenters. The van der Waals surface area contributed by atoms with E-state index in [1.807, 2.05) is 0 Å². The minimum Gasteiger partial charge on any atom is -0.354 e. The number of H-pyrrole nitrogens is 1. The Morgan fingerprint density at radius 3 is 3.00 bits per heavy atom. The number of aromatic amines is 1. The molecule has 0 aliphatic carbocycles. The molecule has 18 heavy (non-hydrogen) atoms. The van der Waals surface area contributed by atoms with Gasteiger partial charge in [0.05, 0.1) is 0 Å². The number of hydrogen-bond donors (Lipinski definition) is 2. The van der Waals surface area contributed by atoms with Crippen LogP contribution in [0, 0.1) is 0 Å². The standard InChI is InChI=1S/C11H17N5O2/c1-15-6-7-16(11(15)18)8-10(17)14-3-2-9-12-4-5-13-9/h4-5H,2-3,6-8H2,1H3,(H,12,13)(H,14,17). The predicted octanol–water partition coefficient (Wildman–Crippen LogP) is -0.564. The highest BCUT2D eigenvalue weighted by Crippen LogP contribution is 2.04. The van der Waals surface area contributed by atoms with Gasteiger partial charge < -0.3 is 20.1 Å². The number of likely N-dealkylation sites (N-methyl/N-ethyl adjacent to an activating group) is 1. The van der Waals surface area contributed by atoms with Gasteiger partial charge in [0, 0.05) is 45.5 Å². The molecule has 98 valence electrons. The van der Waals surface area contributed by atoms with Crippen LogP contribution < -0.4 is 5.32 Å². The lowest BCUT2D eigenvalue weighted by Gasteiger charge is -2.15. The Hall–Kier alpha value is -2.05. The van der Waals surface area contributed by atoms with Crippen molar-refractivity contribution in [3.05, 3.63) is 18.2 Å². The molecule has 1 aromatic heterocycles. The maximum absolute atomic E-state index is 11.6. The average Bonchev–Trinajstić information content (AvgIpc) is 2.95. The van der Waals surface area contributed by atoms with Gasteiger partial charge in [-0.3, -0.25) is 4.79 Å². The normalized spacial score (nSPS) is 15.3. The first-order chi connectivity index (χ1) is 8.66. The van der Waals surface area contributed by atoms with E-state index >= 15 is 0 Å². The van der Waals surface area contributed by atoms with E-state index in [2.05, 4.69) is 15.3 Å². The molecule has 1 aliphatic rings. The fourth-order valence-corrected chi connectivity index (χ4v) is 1.83. The monoisotopic (exact) mass is 251 g/mol. The molecule has 1 aliphatic heterocycles. The summed E-state index contributed by atoms with van der Waals surface area (Å²) < 4.78 is 0. The molecule has 2 rings (SSSR count). The van der Waals surface area contributed by atoms with E-state index in [9.17, 15) is 9.59 Å². The molecule has 1 aromatic rings. The first kappa shape index (κ1) is 12.4. The van der Waals surface area contributed by atoms with Gasteiger partial charge in [0.1, 0.15) is 12.4 Å². The van der Waals surface area contributed by atoms with Crippen molar-refractivity contribution in [3.8, 4) is 0 Å². The Labute approximate surface area is 105 Å². The summed E-state index contributed by atoms with van der Waals surface area (Å²) >= 11 is 0. The van der Waals surface area contributed by atoms with Gasteiger partial charge in [0.15, 0.2) is 0 Å². The molecule has 7 nitrogen and oxygen atoms in total. The first-order valence-electron chi connectivity index (χ1n) is 5.92. The second-order valence-electron chi connectivity index (χ2n) is 4.26. The van der Waals surface area contributed by atoms with Gasteiger partial charge in [-0.2, -0.15) is 0 Å². The van der Waals surface area contributed by atoms with Crippen molar-refractivity contribution in [2.75, 3.05) is 33.2 Å². The summed E-state index contributed by atoms with van der Waals surface area (Å²) in [5.74, 6) is 0.706. The molecule has 0 saturated carbocycles. The van der Waals surface area contributed by atoms with Gasteiger partial charge in [0.25, 0.3) is 0 Å². The van der Waals surface area contributed by atoms with Crippen LogP contribution in [-0.2, 0) is 11.2 Å². The van der Waals surface area contributed by atoms with Crippen LogP contribution in [0.3, 0.4) is 0 Å². The first-order valence-corrected chi connectivity index (χ1v) is 5.92. The summed E-state index contributed by atoms with van der Waals surface area (Å²) in [6, 6.07) is -0.0869. The molecule has 2 N–H and O–H groups in total. The molecular weight excluding hydrogens is 234 g/mol. The Morgan fingerprint density at radius 2 is 2.39 bits per heavy atom. The second kappa shape index (κ2) is 5.52. The predicted molar refractivity (Wildman–Crippen MR) is 64.9 cm³/mol. The molecule has 0 bridgehead atoms. The lowest BCUT2D eigenvalue weighted by molar-refractivity contribution is -0.121. The largest absolute Gasteiger partial charge is 0.354 e. The van der Waals surface area contributed by atoms with Gasteiger partial charge in [0.2, 0.25) is 5.91 Å². The van der Waals surface area contributed by atoms with Crippen molar-refractivity contribution in [3.63, 3.8) is 0 Å². The molecule has 0 spiro atoms. The third-order valence-corrected chi connectivity index (χ3v) is 2.88. The number of imidazole rings is 1. The zero-order chi connectivity index (χ0) is 13.0. The number of urea groups is 1. The lowest BCUT2D eigenvalue weighted by Crippen LogP contribution is -2.39. The highest BCUT2D eigenvalue weighted by atomic mass is 16.2. The van der Waals surface area contributed by atoms with Gasteiger partial charge >= 0.3 is 6.03 Å². The minimum atomic E-state index is -0.134. The maximum Gasteiger partial charge on any atom is 0.320 e. The zero-order valence-electron chi connectivity index (χ0n) is 10.3. The molecule has 0 atom stereocenters. The highest BCUT2D eigenvalue weighted by Gasteiger charge is 2.26. The fourth-order valence-electron chi connectivity index (χ4n) is 1.83. The number of nitrogens with zero attached hydrogens (tertiary/aromatic N) is 3. The van der Waals surface area contributed by atoms with Crippen LogP contribution in [0.2, 0.25) is 0 Å². The molecule has 7 heteroatoms. The quantitative estimate of drug-likeness (QED) is 0.735. The van der Waals surface area contributed by atoms with Crippen LogP contribution in [0.4, 0.5) is 4.79 Å². The van der Waals surface area contributed by atoms with Crippen molar-refractivity contribution in [1.82, 2.24) is 25.1 Å². The van der Waals surface area contributed by atoms with E-state index in [1.54, 1.807) is 29.2 Å². The third kappa shape index (κ3) is 2.99. The van der Waals surface area contributed by atoms with E-state index in [4.69, 9.17) is 0 Å². The van der Waals surface area contributed by atoms with Gasteiger partial charge in [-0.05, 0) is 0 Å². The number of aromatic nitrogens is 2. The maximum atomic E-state index is 11.6.